The van der Waals surface area contributed by atoms with Crippen LogP contribution in [0.5, 0.6) is 0 Å². The normalized spacial score (nSPS) is 24.2. The van der Waals surface area contributed by atoms with Crippen molar-refractivity contribution >= 4 is 17.7 Å². The lowest BCUT2D eigenvalue weighted by Crippen LogP contribution is -2.35. The Hall–Kier alpha value is -3.86. The minimum atomic E-state index is -0.917. The van der Waals surface area contributed by atoms with Crippen molar-refractivity contribution in [2.45, 2.75) is 44.2 Å². The number of anilines is 1. The van der Waals surface area contributed by atoms with E-state index in [1.807, 2.05) is 6.07 Å². The number of aromatic nitrogens is 2. The van der Waals surface area contributed by atoms with Gasteiger partial charge in [0.25, 0.3) is 5.91 Å². The first kappa shape index (κ1) is 23.9. The highest BCUT2D eigenvalue weighted by atomic mass is 16.8. The minimum absolute atomic E-state index is 0.0851. The molecule has 2 aliphatic heterocycles. The van der Waals surface area contributed by atoms with Gasteiger partial charge in [-0.3, -0.25) is 9.36 Å². The van der Waals surface area contributed by atoms with Crippen molar-refractivity contribution in [1.29, 1.82) is 0 Å². The number of hydrogen-bond donors (Lipinski definition) is 1. The number of ether oxygens (including phenoxy) is 4. The van der Waals surface area contributed by atoms with Gasteiger partial charge in [-0.15, -0.1) is 0 Å². The standard InChI is InChI=1S/C26H25N3O7/c1-26(2)35-20-18(15-33-24(31)17-11-7-4-8-12-17)34-23(21(20)36-26)29-14-13-19(28-25(29)32)27-22(30)16-9-5-3-6-10-16/h3-14,18,20-21,23H,15H2,1-2H3,(H,27,28,30,32)/t18-,20+,21-,23-/m0/s1. The molecular weight excluding hydrogens is 466 g/mol. The minimum Gasteiger partial charge on any atom is -0.459 e. The molecule has 2 aromatic carbocycles. The number of hydrogen-bond acceptors (Lipinski definition) is 8. The molecule has 0 aliphatic carbocycles. The van der Waals surface area contributed by atoms with Gasteiger partial charge in [0.1, 0.15) is 30.7 Å². The van der Waals surface area contributed by atoms with Crippen molar-refractivity contribution in [2.24, 2.45) is 0 Å². The Balaban J connectivity index is 1.32. The summed E-state index contributed by atoms with van der Waals surface area (Å²) >= 11 is 0. The fraction of sp³-hybridized carbons (Fsp3) is 0.308. The molecular formula is C26H25N3O7. The first-order valence-electron chi connectivity index (χ1n) is 11.5. The van der Waals surface area contributed by atoms with E-state index in [1.165, 1.54) is 16.8 Å². The number of nitrogens with one attached hydrogen (secondary N) is 1. The number of benzene rings is 2. The lowest BCUT2D eigenvalue weighted by atomic mass is 10.1. The average molecular weight is 492 g/mol. The van der Waals surface area contributed by atoms with Crippen LogP contribution in [0.2, 0.25) is 0 Å². The van der Waals surface area contributed by atoms with E-state index in [2.05, 4.69) is 10.3 Å². The number of amides is 1. The van der Waals surface area contributed by atoms with Crippen molar-refractivity contribution < 1.29 is 28.5 Å². The molecule has 186 valence electrons. The van der Waals surface area contributed by atoms with E-state index < -0.39 is 42.0 Å². The second-order valence-corrected chi connectivity index (χ2v) is 8.92. The molecule has 10 heteroatoms. The van der Waals surface area contributed by atoms with E-state index in [0.717, 1.165) is 0 Å². The van der Waals surface area contributed by atoms with Crippen LogP contribution >= 0.6 is 0 Å². The van der Waals surface area contributed by atoms with Crippen LogP contribution in [0.4, 0.5) is 5.82 Å². The zero-order valence-electron chi connectivity index (χ0n) is 19.7. The van der Waals surface area contributed by atoms with E-state index in [9.17, 15) is 14.4 Å². The summed E-state index contributed by atoms with van der Waals surface area (Å²) in [5, 5.41) is 2.62. The number of carbonyl (C=O) groups excluding carboxylic acids is 2. The van der Waals surface area contributed by atoms with E-state index in [4.69, 9.17) is 18.9 Å². The third kappa shape index (κ3) is 4.92. The highest BCUT2D eigenvalue weighted by Crippen LogP contribution is 2.42. The van der Waals surface area contributed by atoms with Crippen molar-refractivity contribution in [2.75, 3.05) is 11.9 Å². The van der Waals surface area contributed by atoms with Crippen molar-refractivity contribution in [3.63, 3.8) is 0 Å². The predicted molar refractivity (Wildman–Crippen MR) is 127 cm³/mol. The number of rotatable bonds is 6. The number of esters is 1. The van der Waals surface area contributed by atoms with Crippen LogP contribution in [0.15, 0.2) is 77.7 Å². The van der Waals surface area contributed by atoms with Gasteiger partial charge in [-0.2, -0.15) is 4.98 Å². The Morgan fingerprint density at radius 2 is 1.61 bits per heavy atom. The molecule has 0 spiro atoms. The summed E-state index contributed by atoms with van der Waals surface area (Å²) < 4.78 is 24.8. The summed E-state index contributed by atoms with van der Waals surface area (Å²) in [4.78, 5) is 41.7. The maximum Gasteiger partial charge on any atom is 0.351 e. The molecule has 0 radical (unpaired) electrons. The van der Waals surface area contributed by atoms with Crippen LogP contribution < -0.4 is 11.0 Å². The van der Waals surface area contributed by atoms with Gasteiger partial charge in [0.15, 0.2) is 12.0 Å². The second-order valence-electron chi connectivity index (χ2n) is 8.92. The molecule has 0 bridgehead atoms. The van der Waals surface area contributed by atoms with Gasteiger partial charge < -0.3 is 24.3 Å². The largest absolute Gasteiger partial charge is 0.459 e. The average Bonchev–Trinajstić information content (AvgIpc) is 3.36. The molecule has 1 aromatic heterocycles. The Morgan fingerprint density at radius 3 is 2.28 bits per heavy atom. The summed E-state index contributed by atoms with van der Waals surface area (Å²) in [5.41, 5.74) is 0.220. The van der Waals surface area contributed by atoms with Crippen LogP contribution in [0.1, 0.15) is 40.8 Å². The third-order valence-corrected chi connectivity index (χ3v) is 5.90. The number of carbonyl (C=O) groups is 2. The summed E-state index contributed by atoms with van der Waals surface area (Å²) in [7, 11) is 0. The molecule has 5 rings (SSSR count). The smallest absolute Gasteiger partial charge is 0.351 e. The molecule has 3 aromatic rings. The van der Waals surface area contributed by atoms with Gasteiger partial charge in [0.2, 0.25) is 0 Å². The topological polar surface area (TPSA) is 118 Å². The Labute approximate surface area is 206 Å². The first-order chi connectivity index (χ1) is 17.3. The second kappa shape index (κ2) is 9.65. The first-order valence-corrected chi connectivity index (χ1v) is 11.5. The molecule has 2 fully saturated rings. The fourth-order valence-electron chi connectivity index (χ4n) is 4.29. The van der Waals surface area contributed by atoms with Crippen LogP contribution in [-0.4, -0.2) is 52.1 Å². The predicted octanol–water partition coefficient (Wildman–Crippen LogP) is 2.77. The monoisotopic (exact) mass is 491 g/mol. The van der Waals surface area contributed by atoms with Gasteiger partial charge in [0, 0.05) is 11.8 Å². The molecule has 2 saturated heterocycles. The Morgan fingerprint density at radius 1 is 0.972 bits per heavy atom. The fourth-order valence-corrected chi connectivity index (χ4v) is 4.29. The Kier molecular flexibility index (Phi) is 6.40. The SMILES string of the molecule is CC1(C)O[C@H]2[C@H](O1)[C@@H](n1ccc(NC(=O)c3ccccc3)nc1=O)O[C@H]2COC(=O)c1ccccc1. The van der Waals surface area contributed by atoms with Crippen molar-refractivity contribution in [3.05, 3.63) is 94.5 Å². The van der Waals surface area contributed by atoms with Crippen molar-refractivity contribution in [3.8, 4) is 0 Å². The summed E-state index contributed by atoms with van der Waals surface area (Å²) in [5.74, 6) is -1.68. The molecule has 0 saturated carbocycles. The van der Waals surface area contributed by atoms with E-state index in [0.29, 0.717) is 11.1 Å². The van der Waals surface area contributed by atoms with E-state index in [-0.39, 0.29) is 18.3 Å². The van der Waals surface area contributed by atoms with Gasteiger partial charge in [0.05, 0.1) is 5.56 Å². The Bertz CT molecular complexity index is 1310. The van der Waals surface area contributed by atoms with Crippen LogP contribution in [-0.2, 0) is 18.9 Å². The van der Waals surface area contributed by atoms with Crippen LogP contribution in [0, 0.1) is 0 Å². The molecule has 1 amide bonds. The molecule has 36 heavy (non-hydrogen) atoms. The van der Waals surface area contributed by atoms with Gasteiger partial charge >= 0.3 is 11.7 Å². The summed E-state index contributed by atoms with van der Waals surface area (Å²) in [6.07, 6.45) is -1.26. The van der Waals surface area contributed by atoms with Crippen molar-refractivity contribution in [1.82, 2.24) is 9.55 Å². The van der Waals surface area contributed by atoms with Gasteiger partial charge in [-0.1, -0.05) is 36.4 Å². The number of nitrogens with zero attached hydrogens (tertiary/aromatic N) is 2. The lowest BCUT2D eigenvalue weighted by Gasteiger charge is -2.24. The van der Waals surface area contributed by atoms with Gasteiger partial charge in [-0.25, -0.2) is 9.59 Å². The van der Waals surface area contributed by atoms with E-state index in [1.54, 1.807) is 68.4 Å². The zero-order valence-corrected chi connectivity index (χ0v) is 19.7. The molecule has 3 heterocycles. The molecule has 2 aliphatic rings. The molecule has 10 nitrogen and oxygen atoms in total. The molecule has 4 atom stereocenters. The number of fused-ring (bicyclic) bond motifs is 1. The van der Waals surface area contributed by atoms with Crippen LogP contribution in [0.3, 0.4) is 0 Å². The maximum absolute atomic E-state index is 12.9. The molecule has 1 N–H and O–H groups in total. The lowest BCUT2D eigenvalue weighted by molar-refractivity contribution is -0.200. The maximum atomic E-state index is 12.9. The quantitative estimate of drug-likeness (QED) is 0.523. The highest BCUT2D eigenvalue weighted by molar-refractivity contribution is 6.03. The van der Waals surface area contributed by atoms with Gasteiger partial charge in [-0.05, 0) is 44.2 Å². The summed E-state index contributed by atoms with van der Waals surface area (Å²) in [6.45, 7) is 3.44. The van der Waals surface area contributed by atoms with Crippen LogP contribution in [0.25, 0.3) is 0 Å². The highest BCUT2D eigenvalue weighted by Gasteiger charge is 2.56. The van der Waals surface area contributed by atoms with E-state index >= 15 is 0 Å². The third-order valence-electron chi connectivity index (χ3n) is 5.90. The molecule has 0 unspecified atom stereocenters. The summed E-state index contributed by atoms with van der Waals surface area (Å²) in [6, 6.07) is 18.7. The zero-order chi connectivity index (χ0) is 25.3.